The second-order valence-corrected chi connectivity index (χ2v) is 3.46. The van der Waals surface area contributed by atoms with Gasteiger partial charge in [-0.15, -0.1) is 0 Å². The minimum atomic E-state index is -0.746. The summed E-state index contributed by atoms with van der Waals surface area (Å²) in [6.45, 7) is 3.50. The minimum absolute atomic E-state index is 0.112. The smallest absolute Gasteiger partial charge is 0.240 e. The molecule has 0 rings (SSSR count). The van der Waals surface area contributed by atoms with Gasteiger partial charge in [-0.3, -0.25) is 9.59 Å². The molecule has 0 aliphatic carbocycles. The largest absolute Gasteiger partial charge is 0.409 e. The van der Waals surface area contributed by atoms with Crippen molar-refractivity contribution in [3.05, 3.63) is 0 Å². The first-order valence-electron chi connectivity index (χ1n) is 4.43. The Balaban J connectivity index is 4.31. The molecule has 0 aromatic carbocycles. The number of amidine groups is 1. The summed E-state index contributed by atoms with van der Waals surface area (Å²) in [4.78, 5) is 22.2. The first-order chi connectivity index (χ1) is 6.88. The van der Waals surface area contributed by atoms with E-state index in [0.29, 0.717) is 0 Å². The third-order valence-corrected chi connectivity index (χ3v) is 1.76. The molecular formula is C8H16N4O3. The number of hydrogen-bond donors (Lipinski definition) is 4. The number of oxime groups is 1. The molecule has 1 unspecified atom stereocenters. The predicted molar refractivity (Wildman–Crippen MR) is 54.0 cm³/mol. The Morgan fingerprint density at radius 1 is 1.40 bits per heavy atom. The first-order valence-corrected chi connectivity index (χ1v) is 4.43. The van der Waals surface area contributed by atoms with E-state index in [0.717, 1.165) is 0 Å². The number of carbonyl (C=O) groups is 2. The van der Waals surface area contributed by atoms with Crippen LogP contribution in [-0.2, 0) is 9.59 Å². The third kappa shape index (κ3) is 4.84. The molecular weight excluding hydrogens is 200 g/mol. The van der Waals surface area contributed by atoms with Crippen molar-refractivity contribution in [3.63, 3.8) is 0 Å². The first kappa shape index (κ1) is 13.2. The minimum Gasteiger partial charge on any atom is -0.409 e. The second kappa shape index (κ2) is 5.84. The molecule has 0 saturated carbocycles. The maximum Gasteiger partial charge on any atom is 0.240 e. The second-order valence-electron chi connectivity index (χ2n) is 3.46. The van der Waals surface area contributed by atoms with Crippen molar-refractivity contribution in [2.24, 2.45) is 22.5 Å². The fourth-order valence-corrected chi connectivity index (χ4v) is 0.991. The number of amides is 2. The molecule has 1 atom stereocenters. The van der Waals surface area contributed by atoms with E-state index in [1.807, 2.05) is 0 Å². The van der Waals surface area contributed by atoms with Crippen molar-refractivity contribution >= 4 is 17.6 Å². The van der Waals surface area contributed by atoms with E-state index in [-0.39, 0.29) is 18.2 Å². The maximum absolute atomic E-state index is 11.2. The highest BCUT2D eigenvalue weighted by molar-refractivity contribution is 6.00. The summed E-state index contributed by atoms with van der Waals surface area (Å²) in [7, 11) is 0. The fraction of sp³-hybridized carbons (Fsp3) is 0.625. The lowest BCUT2D eigenvalue weighted by atomic mass is 10.0. The standard InChI is InChI=1S/C8H16N4O3/c1-4(2)7(8(10)14)11-6(13)3-5(9)12-15/h4,7,15H,3H2,1-2H3,(H2,9,12)(H2,10,14)(H,11,13). The van der Waals surface area contributed by atoms with Crippen molar-refractivity contribution in [2.75, 3.05) is 0 Å². The van der Waals surface area contributed by atoms with Gasteiger partial charge in [0, 0.05) is 0 Å². The van der Waals surface area contributed by atoms with E-state index in [4.69, 9.17) is 16.7 Å². The summed E-state index contributed by atoms with van der Waals surface area (Å²) in [5, 5.41) is 13.3. The Bertz CT molecular complexity index is 275. The molecule has 15 heavy (non-hydrogen) atoms. The Morgan fingerprint density at radius 2 is 1.93 bits per heavy atom. The van der Waals surface area contributed by atoms with Crippen LogP contribution in [0.15, 0.2) is 5.16 Å². The Hall–Kier alpha value is -1.79. The molecule has 0 bridgehead atoms. The lowest BCUT2D eigenvalue weighted by Gasteiger charge is -2.18. The van der Waals surface area contributed by atoms with Crippen LogP contribution in [0, 0.1) is 5.92 Å². The molecule has 0 aromatic heterocycles. The van der Waals surface area contributed by atoms with Crippen molar-refractivity contribution in [2.45, 2.75) is 26.3 Å². The van der Waals surface area contributed by atoms with Crippen LogP contribution in [-0.4, -0.2) is 28.9 Å². The van der Waals surface area contributed by atoms with Crippen LogP contribution in [0.5, 0.6) is 0 Å². The van der Waals surface area contributed by atoms with Gasteiger partial charge in [0.2, 0.25) is 11.8 Å². The molecule has 0 aromatic rings. The van der Waals surface area contributed by atoms with Gasteiger partial charge >= 0.3 is 0 Å². The van der Waals surface area contributed by atoms with Crippen LogP contribution >= 0.6 is 0 Å². The number of rotatable bonds is 5. The fourth-order valence-electron chi connectivity index (χ4n) is 0.991. The van der Waals surface area contributed by atoms with Crippen molar-refractivity contribution in [1.29, 1.82) is 0 Å². The van der Waals surface area contributed by atoms with Crippen LogP contribution < -0.4 is 16.8 Å². The van der Waals surface area contributed by atoms with Crippen LogP contribution in [0.3, 0.4) is 0 Å². The molecule has 86 valence electrons. The average molecular weight is 216 g/mol. The van der Waals surface area contributed by atoms with Gasteiger partial charge in [0.25, 0.3) is 0 Å². The summed E-state index contributed by atoms with van der Waals surface area (Å²) in [6, 6.07) is -0.746. The summed E-state index contributed by atoms with van der Waals surface area (Å²) < 4.78 is 0. The van der Waals surface area contributed by atoms with E-state index in [1.165, 1.54) is 0 Å². The quantitative estimate of drug-likeness (QED) is 0.198. The molecule has 6 N–H and O–H groups in total. The number of carbonyl (C=O) groups excluding carboxylic acids is 2. The maximum atomic E-state index is 11.2. The van der Waals surface area contributed by atoms with Gasteiger partial charge in [0.05, 0.1) is 6.42 Å². The summed E-state index contributed by atoms with van der Waals surface area (Å²) in [5.41, 5.74) is 10.2. The molecule has 0 aliphatic rings. The van der Waals surface area contributed by atoms with Gasteiger partial charge in [0.15, 0.2) is 0 Å². The summed E-state index contributed by atoms with van der Waals surface area (Å²) in [5.74, 6) is -1.46. The van der Waals surface area contributed by atoms with Crippen LogP contribution in [0.1, 0.15) is 20.3 Å². The highest BCUT2D eigenvalue weighted by atomic mass is 16.4. The van der Waals surface area contributed by atoms with Crippen LogP contribution in [0.25, 0.3) is 0 Å². The zero-order valence-corrected chi connectivity index (χ0v) is 8.73. The predicted octanol–water partition coefficient (Wildman–Crippen LogP) is -1.25. The molecule has 7 heteroatoms. The van der Waals surface area contributed by atoms with Crippen LogP contribution in [0.4, 0.5) is 0 Å². The van der Waals surface area contributed by atoms with Crippen molar-refractivity contribution in [3.8, 4) is 0 Å². The molecule has 0 spiro atoms. The van der Waals surface area contributed by atoms with Gasteiger partial charge < -0.3 is 22.0 Å². The van der Waals surface area contributed by atoms with E-state index >= 15 is 0 Å². The van der Waals surface area contributed by atoms with Gasteiger partial charge in [0.1, 0.15) is 11.9 Å². The topological polar surface area (TPSA) is 131 Å². The number of nitrogens with one attached hydrogen (secondary N) is 1. The molecule has 0 aliphatic heterocycles. The molecule has 7 nitrogen and oxygen atoms in total. The van der Waals surface area contributed by atoms with E-state index < -0.39 is 17.9 Å². The summed E-state index contributed by atoms with van der Waals surface area (Å²) in [6.07, 6.45) is -0.271. The molecule has 0 heterocycles. The van der Waals surface area contributed by atoms with Crippen LogP contribution in [0.2, 0.25) is 0 Å². The lowest BCUT2D eigenvalue weighted by molar-refractivity contribution is -0.127. The number of primary amides is 1. The number of hydrogen-bond acceptors (Lipinski definition) is 4. The Kier molecular flexibility index (Phi) is 5.14. The van der Waals surface area contributed by atoms with E-state index in [2.05, 4.69) is 10.5 Å². The molecule has 0 saturated heterocycles. The molecule has 0 fully saturated rings. The van der Waals surface area contributed by atoms with Gasteiger partial charge in [-0.2, -0.15) is 0 Å². The normalized spacial score (nSPS) is 13.7. The zero-order chi connectivity index (χ0) is 12.0. The molecule has 2 amide bonds. The van der Waals surface area contributed by atoms with Crippen molar-refractivity contribution < 1.29 is 14.8 Å². The Labute approximate surface area is 87.5 Å². The van der Waals surface area contributed by atoms with Gasteiger partial charge in [-0.1, -0.05) is 19.0 Å². The van der Waals surface area contributed by atoms with Gasteiger partial charge in [-0.05, 0) is 5.92 Å². The highest BCUT2D eigenvalue weighted by Crippen LogP contribution is 2.00. The monoisotopic (exact) mass is 216 g/mol. The molecule has 0 radical (unpaired) electrons. The zero-order valence-electron chi connectivity index (χ0n) is 8.73. The van der Waals surface area contributed by atoms with E-state index in [1.54, 1.807) is 13.8 Å². The SMILES string of the molecule is CC(C)C(NC(=O)CC(N)=NO)C(N)=O. The van der Waals surface area contributed by atoms with Crippen molar-refractivity contribution in [1.82, 2.24) is 5.32 Å². The average Bonchev–Trinajstić information content (AvgIpc) is 2.12. The third-order valence-electron chi connectivity index (χ3n) is 1.76. The Morgan fingerprint density at radius 3 is 2.27 bits per heavy atom. The van der Waals surface area contributed by atoms with Gasteiger partial charge in [-0.25, -0.2) is 0 Å². The summed E-state index contributed by atoms with van der Waals surface area (Å²) >= 11 is 0. The van der Waals surface area contributed by atoms with E-state index in [9.17, 15) is 9.59 Å². The lowest BCUT2D eigenvalue weighted by Crippen LogP contribution is -2.48. The highest BCUT2D eigenvalue weighted by Gasteiger charge is 2.21. The number of nitrogens with two attached hydrogens (primary N) is 2. The number of nitrogens with zero attached hydrogens (tertiary/aromatic N) is 1.